The lowest BCUT2D eigenvalue weighted by atomic mass is 10.1. The van der Waals surface area contributed by atoms with Gasteiger partial charge in [0.15, 0.2) is 0 Å². The summed E-state index contributed by atoms with van der Waals surface area (Å²) < 4.78 is 18.1. The maximum Gasteiger partial charge on any atom is 0.340 e. The molecule has 0 saturated carbocycles. The Hall–Kier alpha value is -1.95. The highest BCUT2D eigenvalue weighted by Crippen LogP contribution is 2.26. The second kappa shape index (κ2) is 5.36. The summed E-state index contributed by atoms with van der Waals surface area (Å²) in [5, 5.41) is 0. The molecule has 1 saturated heterocycles. The molecule has 0 aromatic heterocycles. The Morgan fingerprint density at radius 1 is 1.58 bits per heavy atom. The fourth-order valence-electron chi connectivity index (χ4n) is 2.08. The van der Waals surface area contributed by atoms with E-state index in [4.69, 9.17) is 10.5 Å². The van der Waals surface area contributed by atoms with Crippen molar-refractivity contribution in [3.05, 3.63) is 29.6 Å². The molecule has 0 radical (unpaired) electrons. The quantitative estimate of drug-likeness (QED) is 0.830. The Kier molecular flexibility index (Phi) is 3.80. The largest absolute Gasteiger partial charge is 0.462 e. The second-order valence-corrected chi connectivity index (χ2v) is 4.35. The summed E-state index contributed by atoms with van der Waals surface area (Å²) in [5.74, 6) is -1.38. The van der Waals surface area contributed by atoms with E-state index >= 15 is 0 Å². The maximum absolute atomic E-state index is 13.3. The number of benzene rings is 1. The number of esters is 1. The van der Waals surface area contributed by atoms with Gasteiger partial charge < -0.3 is 15.4 Å². The molecule has 1 aromatic rings. The molecule has 1 aliphatic rings. The molecule has 1 amide bonds. The predicted octanol–water partition coefficient (Wildman–Crippen LogP) is 1.07. The van der Waals surface area contributed by atoms with Gasteiger partial charge in [0.25, 0.3) is 0 Å². The number of anilines is 1. The van der Waals surface area contributed by atoms with Gasteiger partial charge >= 0.3 is 5.97 Å². The molecule has 5 nitrogen and oxygen atoms in total. The first-order valence-corrected chi connectivity index (χ1v) is 6.05. The topological polar surface area (TPSA) is 72.6 Å². The molecule has 1 unspecified atom stereocenters. The van der Waals surface area contributed by atoms with Crippen LogP contribution >= 0.6 is 0 Å². The average Bonchev–Trinajstić information content (AvgIpc) is 2.68. The highest BCUT2D eigenvalue weighted by atomic mass is 19.1. The van der Waals surface area contributed by atoms with Crippen LogP contribution in [-0.4, -0.2) is 31.1 Å². The van der Waals surface area contributed by atoms with Crippen molar-refractivity contribution < 1.29 is 18.7 Å². The lowest BCUT2D eigenvalue weighted by molar-refractivity contribution is -0.117. The van der Waals surface area contributed by atoms with Crippen LogP contribution in [0.4, 0.5) is 10.1 Å². The normalized spacial score (nSPS) is 18.8. The van der Waals surface area contributed by atoms with E-state index in [1.165, 1.54) is 17.0 Å². The number of hydrogen-bond donors (Lipinski definition) is 1. The third kappa shape index (κ3) is 2.73. The third-order valence-corrected chi connectivity index (χ3v) is 2.90. The zero-order valence-corrected chi connectivity index (χ0v) is 10.6. The van der Waals surface area contributed by atoms with Crippen LogP contribution in [0.15, 0.2) is 18.2 Å². The number of nitrogens with two attached hydrogens (primary N) is 1. The van der Waals surface area contributed by atoms with Crippen molar-refractivity contribution in [2.75, 3.05) is 18.1 Å². The molecule has 1 atom stereocenters. The number of ether oxygens (including phenoxy) is 1. The van der Waals surface area contributed by atoms with E-state index in [0.29, 0.717) is 12.2 Å². The van der Waals surface area contributed by atoms with Gasteiger partial charge in [0.05, 0.1) is 17.9 Å². The van der Waals surface area contributed by atoms with Crippen molar-refractivity contribution in [2.24, 2.45) is 5.73 Å². The number of amides is 1. The summed E-state index contributed by atoms with van der Waals surface area (Å²) in [4.78, 5) is 25.0. The van der Waals surface area contributed by atoms with Gasteiger partial charge in [-0.1, -0.05) is 0 Å². The van der Waals surface area contributed by atoms with Crippen LogP contribution < -0.4 is 10.6 Å². The summed E-state index contributed by atoms with van der Waals surface area (Å²) in [5.41, 5.74) is 6.11. The minimum atomic E-state index is -0.648. The monoisotopic (exact) mass is 266 g/mol. The Morgan fingerprint density at radius 2 is 2.32 bits per heavy atom. The van der Waals surface area contributed by atoms with Gasteiger partial charge in [-0.05, 0) is 25.1 Å². The molecule has 2 rings (SSSR count). The lowest BCUT2D eigenvalue weighted by Gasteiger charge is -2.19. The highest BCUT2D eigenvalue weighted by Gasteiger charge is 2.31. The Labute approximate surface area is 110 Å². The molecular weight excluding hydrogens is 251 g/mol. The Balaban J connectivity index is 2.39. The van der Waals surface area contributed by atoms with Crippen molar-refractivity contribution >= 4 is 17.6 Å². The molecular formula is C13H15FN2O3. The first kappa shape index (κ1) is 13.5. The summed E-state index contributed by atoms with van der Waals surface area (Å²) >= 11 is 0. The van der Waals surface area contributed by atoms with Gasteiger partial charge in [0.2, 0.25) is 5.91 Å². The van der Waals surface area contributed by atoms with Gasteiger partial charge in [-0.15, -0.1) is 0 Å². The van der Waals surface area contributed by atoms with Gasteiger partial charge in [-0.3, -0.25) is 4.79 Å². The van der Waals surface area contributed by atoms with Crippen molar-refractivity contribution in [2.45, 2.75) is 19.4 Å². The first-order chi connectivity index (χ1) is 9.02. The van der Waals surface area contributed by atoms with Gasteiger partial charge in [-0.2, -0.15) is 0 Å². The zero-order chi connectivity index (χ0) is 14.0. The van der Waals surface area contributed by atoms with E-state index in [1.807, 2.05) is 0 Å². The molecule has 1 aromatic carbocycles. The summed E-state index contributed by atoms with van der Waals surface area (Å²) in [6, 6.07) is 3.41. The van der Waals surface area contributed by atoms with Crippen LogP contribution in [-0.2, 0) is 9.53 Å². The first-order valence-electron chi connectivity index (χ1n) is 6.05. The lowest BCUT2D eigenvalue weighted by Crippen LogP contribution is -2.29. The minimum absolute atomic E-state index is 0.0456. The van der Waals surface area contributed by atoms with Crippen LogP contribution in [0.1, 0.15) is 23.7 Å². The smallest absolute Gasteiger partial charge is 0.340 e. The maximum atomic E-state index is 13.3. The number of hydrogen-bond acceptors (Lipinski definition) is 4. The molecule has 0 spiro atoms. The summed E-state index contributed by atoms with van der Waals surface area (Å²) in [6.07, 6.45) is 0.222. The number of nitrogens with zero attached hydrogens (tertiary/aromatic N) is 1. The summed E-state index contributed by atoms with van der Waals surface area (Å²) in [6.45, 7) is 2.16. The predicted molar refractivity (Wildman–Crippen MR) is 67.3 cm³/mol. The molecule has 2 N–H and O–H groups in total. The molecule has 1 heterocycles. The standard InChI is InChI=1S/C13H15FN2O3/c1-2-19-13(18)10-5-8(14)3-4-11(10)16-7-9(15)6-12(16)17/h3-5,9H,2,6-7,15H2,1H3. The second-order valence-electron chi connectivity index (χ2n) is 4.35. The fourth-order valence-corrected chi connectivity index (χ4v) is 2.08. The van der Waals surface area contributed by atoms with E-state index in [0.717, 1.165) is 6.07 Å². The van der Waals surface area contributed by atoms with Crippen molar-refractivity contribution in [1.82, 2.24) is 0 Å². The molecule has 19 heavy (non-hydrogen) atoms. The molecule has 0 aliphatic carbocycles. The minimum Gasteiger partial charge on any atom is -0.462 e. The van der Waals surface area contributed by atoms with E-state index in [2.05, 4.69) is 0 Å². The van der Waals surface area contributed by atoms with Crippen LogP contribution in [0.3, 0.4) is 0 Å². The van der Waals surface area contributed by atoms with Crippen molar-refractivity contribution in [3.63, 3.8) is 0 Å². The highest BCUT2D eigenvalue weighted by molar-refractivity contribution is 6.04. The van der Waals surface area contributed by atoms with E-state index < -0.39 is 11.8 Å². The molecule has 1 aliphatic heterocycles. The van der Waals surface area contributed by atoms with Gasteiger partial charge in [-0.25, -0.2) is 9.18 Å². The molecule has 1 fully saturated rings. The molecule has 6 heteroatoms. The van der Waals surface area contributed by atoms with E-state index in [9.17, 15) is 14.0 Å². The Bertz CT molecular complexity index is 519. The van der Waals surface area contributed by atoms with Gasteiger partial charge in [0.1, 0.15) is 5.82 Å². The van der Waals surface area contributed by atoms with Crippen LogP contribution in [0.2, 0.25) is 0 Å². The average molecular weight is 266 g/mol. The van der Waals surface area contributed by atoms with Crippen LogP contribution in [0.25, 0.3) is 0 Å². The molecule has 0 bridgehead atoms. The van der Waals surface area contributed by atoms with Gasteiger partial charge in [0, 0.05) is 19.0 Å². The third-order valence-electron chi connectivity index (χ3n) is 2.90. The number of carbonyl (C=O) groups excluding carboxylic acids is 2. The number of carbonyl (C=O) groups is 2. The fraction of sp³-hybridized carbons (Fsp3) is 0.385. The zero-order valence-electron chi connectivity index (χ0n) is 10.6. The molecule has 102 valence electrons. The number of halogens is 1. The summed E-state index contributed by atoms with van der Waals surface area (Å²) in [7, 11) is 0. The van der Waals surface area contributed by atoms with Crippen LogP contribution in [0.5, 0.6) is 0 Å². The van der Waals surface area contributed by atoms with Crippen molar-refractivity contribution in [3.8, 4) is 0 Å². The SMILES string of the molecule is CCOC(=O)c1cc(F)ccc1N1CC(N)CC1=O. The van der Waals surface area contributed by atoms with E-state index in [1.54, 1.807) is 6.92 Å². The van der Waals surface area contributed by atoms with Crippen molar-refractivity contribution in [1.29, 1.82) is 0 Å². The van der Waals surface area contributed by atoms with Crippen LogP contribution in [0, 0.1) is 5.82 Å². The van der Waals surface area contributed by atoms with E-state index in [-0.39, 0.29) is 30.5 Å². The number of rotatable bonds is 3. The Morgan fingerprint density at radius 3 is 2.89 bits per heavy atom.